The van der Waals surface area contributed by atoms with Crippen LogP contribution in [0.25, 0.3) is 162 Å². The van der Waals surface area contributed by atoms with Crippen LogP contribution < -0.4 is 10.2 Å². The molecule has 18 aromatic carbocycles. The second-order valence-corrected chi connectivity index (χ2v) is 35.8. The SMILES string of the molecule is Brc1ccc(-c2cc3c4ccccc4n(-c4ccccc4)c3c3c2sc2ccccc23)cc1.CC1(C)c2ccccc2-c2ccc(N(c3ccc(-c4ccccc4)cc3)c3ccc(-c4cc5c6ccccc6n(-c6ccccc6)c5c5c4sc4ccccc45)cc3)cc21.CC1(C)c2ccccc2-c2ccc(Nc3ccc(-c4ccccc4)cc3)cc21. The van der Waals surface area contributed by atoms with Gasteiger partial charge in [-0.05, 0) is 211 Å². The first-order valence-corrected chi connectivity index (χ1v) is 44.0. The van der Waals surface area contributed by atoms with Gasteiger partial charge in [-0.3, -0.25) is 0 Å². The van der Waals surface area contributed by atoms with E-state index in [4.69, 9.17) is 0 Å². The van der Waals surface area contributed by atoms with Crippen molar-refractivity contribution in [2.75, 3.05) is 10.2 Å². The predicted octanol–water partition coefficient (Wildman–Crippen LogP) is 33.2. The lowest BCUT2D eigenvalue weighted by Gasteiger charge is -2.28. The van der Waals surface area contributed by atoms with Crippen LogP contribution in [-0.2, 0) is 10.8 Å². The minimum atomic E-state index is -0.105. The molecule has 0 atom stereocenters. The summed E-state index contributed by atoms with van der Waals surface area (Å²) in [5, 5.41) is 14.0. The number of anilines is 5. The first kappa shape index (κ1) is 73.5. The number of benzene rings is 18. The third-order valence-electron chi connectivity index (χ3n) is 25.1. The summed E-state index contributed by atoms with van der Waals surface area (Å²) in [6.07, 6.45) is 0. The molecule has 0 fully saturated rings. The number of hydrogen-bond acceptors (Lipinski definition) is 4. The van der Waals surface area contributed by atoms with E-state index in [2.05, 4.69) is 469 Å². The lowest BCUT2D eigenvalue weighted by atomic mass is 9.82. The zero-order valence-electron chi connectivity index (χ0n) is 67.3. The molecular weight excluding hydrogens is 1570 g/mol. The minimum Gasteiger partial charge on any atom is -0.356 e. The van der Waals surface area contributed by atoms with E-state index in [9.17, 15) is 0 Å². The van der Waals surface area contributed by atoms with Gasteiger partial charge in [-0.25, -0.2) is 0 Å². The van der Waals surface area contributed by atoms with Gasteiger partial charge in [0.15, 0.2) is 0 Å². The van der Waals surface area contributed by atoms with Crippen LogP contribution in [0.15, 0.2) is 417 Å². The Hall–Kier alpha value is -13.9. The van der Waals surface area contributed by atoms with Crippen molar-refractivity contribution in [2.24, 2.45) is 0 Å². The minimum absolute atomic E-state index is 0.0286. The molecule has 0 aliphatic heterocycles. The van der Waals surface area contributed by atoms with Crippen molar-refractivity contribution < 1.29 is 0 Å². The number of thiophene rings is 2. The zero-order valence-corrected chi connectivity index (χ0v) is 70.5. The highest BCUT2D eigenvalue weighted by Gasteiger charge is 2.37. The zero-order chi connectivity index (χ0) is 81.0. The molecule has 576 valence electrons. The van der Waals surface area contributed by atoms with E-state index in [0.29, 0.717) is 0 Å². The average Bonchev–Trinajstić information content (AvgIpc) is 1.55. The Morgan fingerprint density at radius 1 is 0.264 bits per heavy atom. The molecule has 4 heterocycles. The van der Waals surface area contributed by atoms with Gasteiger partial charge in [-0.2, -0.15) is 0 Å². The Balaban J connectivity index is 0.000000120. The second kappa shape index (κ2) is 29.9. The van der Waals surface area contributed by atoms with Gasteiger partial charge >= 0.3 is 0 Å². The average molecular weight is 1650 g/mol. The number of fused-ring (bicyclic) bond motifs is 20. The van der Waals surface area contributed by atoms with E-state index < -0.39 is 0 Å². The summed E-state index contributed by atoms with van der Waals surface area (Å²) in [7, 11) is 0. The summed E-state index contributed by atoms with van der Waals surface area (Å²) in [6, 6.07) is 150. The standard InChI is InChI=1S/C57H40N2S.C30H18BrNS.C27H23N/c1-57(2)50-22-12-9-19-44(50)45-34-33-43(35-51(45)57)58(41-29-25-38(26-30-41)37-15-5-3-6-16-37)42-31-27-39(28-32-42)48-36-49-46-20-10-13-23-52(46)59(40-17-7-4-8-18-40)55(49)54-47-21-11-14-24-53(47)60-56(48)54;31-20-16-14-19(15-17-20)24-18-25-22-10-4-6-12-26(22)32(21-8-2-1-3-9-21)29(25)28-23-11-5-7-13-27(23)33-30(24)28;1-27(2)25-11-7-6-10-23(25)24-17-16-22(18-26(24)27)28-21-14-12-20(13-15-21)19-8-4-3-5-9-19/h3-36H,1-2H3;1-18H;3-18,28H,1-2H3. The Morgan fingerprint density at radius 2 is 0.612 bits per heavy atom. The van der Waals surface area contributed by atoms with Gasteiger partial charge in [-0.15, -0.1) is 22.7 Å². The molecule has 0 amide bonds. The van der Waals surface area contributed by atoms with Crippen molar-refractivity contribution in [3.05, 3.63) is 439 Å². The van der Waals surface area contributed by atoms with Gasteiger partial charge in [0.05, 0.1) is 22.1 Å². The van der Waals surface area contributed by atoms with Crippen LogP contribution in [0, 0.1) is 0 Å². The number of para-hydroxylation sites is 4. The first-order chi connectivity index (χ1) is 59.4. The molecular formula is C114H81BrN4S2. The number of aromatic nitrogens is 2. The van der Waals surface area contributed by atoms with E-state index in [1.807, 2.05) is 28.7 Å². The van der Waals surface area contributed by atoms with Crippen molar-refractivity contribution in [3.63, 3.8) is 0 Å². The van der Waals surface area contributed by atoms with Gasteiger partial charge in [0.1, 0.15) is 0 Å². The molecule has 24 rings (SSSR count). The van der Waals surface area contributed by atoms with E-state index >= 15 is 0 Å². The van der Waals surface area contributed by atoms with Crippen molar-refractivity contribution in [2.45, 2.75) is 38.5 Å². The fourth-order valence-corrected chi connectivity index (χ4v) is 22.0. The van der Waals surface area contributed by atoms with E-state index in [1.54, 1.807) is 0 Å². The van der Waals surface area contributed by atoms with Crippen LogP contribution in [0.1, 0.15) is 49.9 Å². The molecule has 4 nitrogen and oxygen atoms in total. The van der Waals surface area contributed by atoms with Crippen molar-refractivity contribution in [3.8, 4) is 78.1 Å². The quantitative estimate of drug-likeness (QED) is 0.140. The van der Waals surface area contributed by atoms with Crippen LogP contribution in [0.3, 0.4) is 0 Å². The lowest BCUT2D eigenvalue weighted by molar-refractivity contribution is 0.660. The largest absolute Gasteiger partial charge is 0.356 e. The summed E-state index contributed by atoms with van der Waals surface area (Å²) in [5.41, 5.74) is 33.8. The molecule has 0 unspecified atom stereocenters. The number of rotatable bonds is 11. The van der Waals surface area contributed by atoms with Crippen LogP contribution in [-0.4, -0.2) is 9.13 Å². The Labute approximate surface area is 720 Å². The maximum absolute atomic E-state index is 3.60. The normalized spacial score (nSPS) is 12.8. The van der Waals surface area contributed by atoms with Gasteiger partial charge in [0, 0.05) is 128 Å². The molecule has 0 radical (unpaired) electrons. The maximum atomic E-state index is 3.60. The highest BCUT2D eigenvalue weighted by atomic mass is 79.9. The third-order valence-corrected chi connectivity index (χ3v) is 28.0. The molecule has 2 aliphatic rings. The molecule has 121 heavy (non-hydrogen) atoms. The lowest BCUT2D eigenvalue weighted by Crippen LogP contribution is -2.16. The number of nitrogens with zero attached hydrogens (tertiary/aromatic N) is 3. The fourth-order valence-electron chi connectivity index (χ4n) is 19.3. The number of hydrogen-bond donors (Lipinski definition) is 1. The Kier molecular flexibility index (Phi) is 18.1. The molecule has 0 bridgehead atoms. The van der Waals surface area contributed by atoms with E-state index in [0.717, 1.165) is 32.9 Å². The topological polar surface area (TPSA) is 25.1 Å². The monoisotopic (exact) mass is 1650 g/mol. The molecule has 0 spiro atoms. The molecule has 4 aromatic heterocycles. The maximum Gasteiger partial charge on any atom is 0.0634 e. The van der Waals surface area contributed by atoms with Crippen LogP contribution in [0.5, 0.6) is 0 Å². The van der Waals surface area contributed by atoms with Crippen molar-refractivity contribution >= 4 is 151 Å². The van der Waals surface area contributed by atoms with Crippen LogP contribution >= 0.6 is 38.6 Å². The van der Waals surface area contributed by atoms with Gasteiger partial charge in [0.2, 0.25) is 0 Å². The first-order valence-electron chi connectivity index (χ1n) is 41.5. The van der Waals surface area contributed by atoms with Gasteiger partial charge in [0.25, 0.3) is 0 Å². The van der Waals surface area contributed by atoms with Crippen molar-refractivity contribution in [1.82, 2.24) is 9.13 Å². The predicted molar refractivity (Wildman–Crippen MR) is 523 cm³/mol. The third kappa shape index (κ3) is 12.6. The number of halogens is 1. The molecule has 7 heteroatoms. The molecule has 1 N–H and O–H groups in total. The highest BCUT2D eigenvalue weighted by molar-refractivity contribution is 9.10. The van der Waals surface area contributed by atoms with Gasteiger partial charge < -0.3 is 19.4 Å². The van der Waals surface area contributed by atoms with E-state index in [-0.39, 0.29) is 10.8 Å². The summed E-state index contributed by atoms with van der Waals surface area (Å²) < 4.78 is 11.3. The second-order valence-electron chi connectivity index (χ2n) is 32.8. The van der Waals surface area contributed by atoms with Crippen LogP contribution in [0.2, 0.25) is 0 Å². The van der Waals surface area contributed by atoms with E-state index in [1.165, 1.54) is 184 Å². The highest BCUT2D eigenvalue weighted by Crippen LogP contribution is 2.55. The summed E-state index contributed by atoms with van der Waals surface area (Å²) in [4.78, 5) is 2.42. The summed E-state index contributed by atoms with van der Waals surface area (Å²) in [5.74, 6) is 0. The Morgan fingerprint density at radius 3 is 1.09 bits per heavy atom. The number of nitrogens with one attached hydrogen (secondary N) is 1. The Bertz CT molecular complexity index is 7750. The fraction of sp³-hybridized carbons (Fsp3) is 0.0526. The van der Waals surface area contributed by atoms with Gasteiger partial charge in [-0.1, -0.05) is 323 Å². The molecule has 22 aromatic rings. The molecule has 2 aliphatic carbocycles. The summed E-state index contributed by atoms with van der Waals surface area (Å²) >= 11 is 7.39. The molecule has 0 saturated heterocycles. The van der Waals surface area contributed by atoms with Crippen molar-refractivity contribution in [1.29, 1.82) is 0 Å². The molecule has 0 saturated carbocycles. The summed E-state index contributed by atoms with van der Waals surface area (Å²) in [6.45, 7) is 9.35. The smallest absolute Gasteiger partial charge is 0.0634 e. The van der Waals surface area contributed by atoms with Crippen LogP contribution in [0.4, 0.5) is 28.4 Å².